The molecule has 7 nitrogen and oxygen atoms in total. The van der Waals surface area contributed by atoms with Gasteiger partial charge in [-0.1, -0.05) is 0 Å². The monoisotopic (exact) mass is 383 g/mol. The van der Waals surface area contributed by atoms with Crippen LogP contribution < -0.4 is 15.0 Å². The van der Waals surface area contributed by atoms with Crippen LogP contribution in [0.1, 0.15) is 20.8 Å². The molecule has 0 aliphatic rings. The Morgan fingerprint density at radius 2 is 1.78 bits per heavy atom. The molecule has 27 heavy (non-hydrogen) atoms. The minimum Gasteiger partial charge on any atom is -0.508 e. The molecule has 0 fully saturated rings. The second-order valence-corrected chi connectivity index (χ2v) is 6.46. The summed E-state index contributed by atoms with van der Waals surface area (Å²) in [4.78, 5) is 30.4. The summed E-state index contributed by atoms with van der Waals surface area (Å²) in [6.07, 6.45) is 0. The molecule has 0 atom stereocenters. The zero-order valence-electron chi connectivity index (χ0n) is 14.7. The van der Waals surface area contributed by atoms with Crippen LogP contribution in [0.15, 0.2) is 53.9 Å². The average Bonchev–Trinajstić information content (AvgIpc) is 3.16. The molecule has 1 heterocycles. The first-order chi connectivity index (χ1) is 13.0. The molecule has 0 saturated heterocycles. The van der Waals surface area contributed by atoms with Gasteiger partial charge in [-0.15, -0.1) is 11.3 Å². The van der Waals surface area contributed by atoms with Crippen LogP contribution in [0.3, 0.4) is 0 Å². The summed E-state index contributed by atoms with van der Waals surface area (Å²) in [5.74, 6) is 0.141. The van der Waals surface area contributed by atoms with Gasteiger partial charge in [0.15, 0.2) is 5.13 Å². The summed E-state index contributed by atoms with van der Waals surface area (Å²) in [5, 5.41) is 13.9. The summed E-state index contributed by atoms with van der Waals surface area (Å²) in [7, 11) is 3.17. The molecule has 0 spiro atoms. The number of phenolic OH excluding ortho intramolecular Hbond substituents is 1. The molecule has 3 rings (SSSR count). The molecule has 8 heteroatoms. The summed E-state index contributed by atoms with van der Waals surface area (Å²) < 4.78 is 5.06. The van der Waals surface area contributed by atoms with E-state index in [0.29, 0.717) is 22.1 Å². The summed E-state index contributed by atoms with van der Waals surface area (Å²) in [5.41, 5.74) is 1.30. The van der Waals surface area contributed by atoms with E-state index >= 15 is 0 Å². The van der Waals surface area contributed by atoms with E-state index in [1.54, 1.807) is 55.9 Å². The number of carbonyl (C=O) groups excluding carboxylic acids is 2. The summed E-state index contributed by atoms with van der Waals surface area (Å²) >= 11 is 1.17. The first-order valence-corrected chi connectivity index (χ1v) is 8.84. The minimum absolute atomic E-state index is 0.122. The Kier molecular flexibility index (Phi) is 5.37. The maximum absolute atomic E-state index is 12.6. The van der Waals surface area contributed by atoms with Gasteiger partial charge in [-0.3, -0.25) is 14.9 Å². The fourth-order valence-corrected chi connectivity index (χ4v) is 2.99. The van der Waals surface area contributed by atoms with E-state index in [4.69, 9.17) is 4.74 Å². The van der Waals surface area contributed by atoms with Crippen molar-refractivity contribution in [3.8, 4) is 11.5 Å². The molecular formula is C19H17N3O4S. The van der Waals surface area contributed by atoms with Crippen LogP contribution in [0.25, 0.3) is 0 Å². The SMILES string of the molecule is COc1ccc(C(=O)Nc2nc(C(=O)N(C)c3ccc(O)cc3)cs2)cc1. The lowest BCUT2D eigenvalue weighted by atomic mass is 10.2. The van der Waals surface area contributed by atoms with Crippen molar-refractivity contribution in [1.29, 1.82) is 0 Å². The van der Waals surface area contributed by atoms with E-state index in [-0.39, 0.29) is 23.3 Å². The molecule has 0 bridgehead atoms. The van der Waals surface area contributed by atoms with Crippen molar-refractivity contribution in [2.24, 2.45) is 0 Å². The van der Waals surface area contributed by atoms with Gasteiger partial charge in [-0.2, -0.15) is 0 Å². The van der Waals surface area contributed by atoms with Crippen molar-refractivity contribution >= 4 is 34.0 Å². The van der Waals surface area contributed by atoms with Crippen LogP contribution >= 0.6 is 11.3 Å². The lowest BCUT2D eigenvalue weighted by Gasteiger charge is -2.15. The van der Waals surface area contributed by atoms with Crippen molar-refractivity contribution in [3.05, 3.63) is 65.2 Å². The maximum atomic E-state index is 12.6. The van der Waals surface area contributed by atoms with Crippen molar-refractivity contribution in [2.45, 2.75) is 0 Å². The molecule has 2 aromatic carbocycles. The molecule has 0 aliphatic carbocycles. The topological polar surface area (TPSA) is 91.8 Å². The number of hydrogen-bond donors (Lipinski definition) is 2. The Morgan fingerprint density at radius 3 is 2.41 bits per heavy atom. The number of nitrogens with zero attached hydrogens (tertiary/aromatic N) is 2. The van der Waals surface area contributed by atoms with Gasteiger partial charge in [-0.05, 0) is 48.5 Å². The van der Waals surface area contributed by atoms with Gasteiger partial charge in [0, 0.05) is 23.7 Å². The number of hydrogen-bond acceptors (Lipinski definition) is 6. The number of carbonyl (C=O) groups is 2. The first kappa shape index (κ1) is 18.4. The van der Waals surface area contributed by atoms with Gasteiger partial charge < -0.3 is 14.7 Å². The molecular weight excluding hydrogens is 366 g/mol. The van der Waals surface area contributed by atoms with Crippen LogP contribution in [0, 0.1) is 0 Å². The second kappa shape index (κ2) is 7.88. The second-order valence-electron chi connectivity index (χ2n) is 5.60. The average molecular weight is 383 g/mol. The third kappa shape index (κ3) is 4.24. The Morgan fingerprint density at radius 1 is 1.11 bits per heavy atom. The van der Waals surface area contributed by atoms with Crippen LogP contribution in [0.5, 0.6) is 11.5 Å². The fraction of sp³-hybridized carbons (Fsp3) is 0.105. The molecule has 0 unspecified atom stereocenters. The molecule has 1 aromatic heterocycles. The molecule has 0 aliphatic heterocycles. The Balaban J connectivity index is 1.69. The highest BCUT2D eigenvalue weighted by molar-refractivity contribution is 7.14. The van der Waals surface area contributed by atoms with E-state index in [1.807, 2.05) is 0 Å². The van der Waals surface area contributed by atoms with E-state index in [9.17, 15) is 14.7 Å². The largest absolute Gasteiger partial charge is 0.508 e. The van der Waals surface area contributed by atoms with Gasteiger partial charge >= 0.3 is 0 Å². The van der Waals surface area contributed by atoms with Crippen molar-refractivity contribution < 1.29 is 19.4 Å². The molecule has 138 valence electrons. The standard InChI is InChI=1S/C19H17N3O4S/c1-22(13-5-7-14(23)8-6-13)18(25)16-11-27-19(20-16)21-17(24)12-3-9-15(26-2)10-4-12/h3-11,23H,1-2H3,(H,20,21,24). The van der Waals surface area contributed by atoms with Crippen LogP contribution in [0.2, 0.25) is 0 Å². The molecule has 0 saturated carbocycles. The number of anilines is 2. The molecule has 3 aromatic rings. The van der Waals surface area contributed by atoms with Crippen molar-refractivity contribution in [2.75, 3.05) is 24.4 Å². The molecule has 2 amide bonds. The van der Waals surface area contributed by atoms with Crippen LogP contribution in [-0.4, -0.2) is 36.1 Å². The van der Waals surface area contributed by atoms with Crippen molar-refractivity contribution in [3.63, 3.8) is 0 Å². The third-order valence-corrected chi connectivity index (χ3v) is 4.60. The highest BCUT2D eigenvalue weighted by atomic mass is 32.1. The number of ether oxygens (including phenoxy) is 1. The van der Waals surface area contributed by atoms with Gasteiger partial charge in [0.2, 0.25) is 0 Å². The minimum atomic E-state index is -0.321. The maximum Gasteiger partial charge on any atom is 0.277 e. The number of nitrogens with one attached hydrogen (secondary N) is 1. The number of phenols is 1. The highest BCUT2D eigenvalue weighted by Gasteiger charge is 2.18. The third-order valence-electron chi connectivity index (χ3n) is 3.84. The molecule has 2 N–H and O–H groups in total. The summed E-state index contributed by atoms with van der Waals surface area (Å²) in [6, 6.07) is 12.9. The van der Waals surface area contributed by atoms with E-state index < -0.39 is 0 Å². The predicted octanol–water partition coefficient (Wildman–Crippen LogP) is 3.39. The summed E-state index contributed by atoms with van der Waals surface area (Å²) in [6.45, 7) is 0. The van der Waals surface area contributed by atoms with Crippen LogP contribution in [-0.2, 0) is 0 Å². The quantitative estimate of drug-likeness (QED) is 0.705. The van der Waals surface area contributed by atoms with Gasteiger partial charge in [0.05, 0.1) is 7.11 Å². The number of amides is 2. The predicted molar refractivity (Wildman–Crippen MR) is 104 cm³/mol. The van der Waals surface area contributed by atoms with Gasteiger partial charge in [0.25, 0.3) is 11.8 Å². The zero-order valence-corrected chi connectivity index (χ0v) is 15.5. The number of thiazole rings is 1. The number of benzene rings is 2. The number of aromatic hydroxyl groups is 1. The number of methoxy groups -OCH3 is 1. The first-order valence-electron chi connectivity index (χ1n) is 7.96. The Bertz CT molecular complexity index is 952. The van der Waals surface area contributed by atoms with Gasteiger partial charge in [-0.25, -0.2) is 4.98 Å². The smallest absolute Gasteiger partial charge is 0.277 e. The Labute approximate surface area is 159 Å². The van der Waals surface area contributed by atoms with E-state index in [2.05, 4.69) is 10.3 Å². The lowest BCUT2D eigenvalue weighted by molar-refractivity contribution is 0.0985. The highest BCUT2D eigenvalue weighted by Crippen LogP contribution is 2.22. The van der Waals surface area contributed by atoms with E-state index in [0.717, 1.165) is 0 Å². The number of rotatable bonds is 5. The zero-order chi connectivity index (χ0) is 19.4. The Hall–Kier alpha value is -3.39. The normalized spacial score (nSPS) is 10.3. The van der Waals surface area contributed by atoms with Crippen LogP contribution in [0.4, 0.5) is 10.8 Å². The van der Waals surface area contributed by atoms with Crippen molar-refractivity contribution in [1.82, 2.24) is 4.98 Å². The van der Waals surface area contributed by atoms with Gasteiger partial charge in [0.1, 0.15) is 17.2 Å². The number of aromatic nitrogens is 1. The molecule has 0 radical (unpaired) electrons. The van der Waals surface area contributed by atoms with E-state index in [1.165, 1.54) is 28.4 Å². The fourth-order valence-electron chi connectivity index (χ4n) is 2.31. The lowest BCUT2D eigenvalue weighted by Crippen LogP contribution is -2.26.